The van der Waals surface area contributed by atoms with Gasteiger partial charge in [-0.25, -0.2) is 0 Å². The first kappa shape index (κ1) is 17.0. The van der Waals surface area contributed by atoms with Gasteiger partial charge in [-0.15, -0.1) is 0 Å². The van der Waals surface area contributed by atoms with Crippen LogP contribution in [-0.4, -0.2) is 27.2 Å². The monoisotopic (exact) mass is 342 g/mol. The topological polar surface area (TPSA) is 85.2 Å². The number of rotatable bonds is 3. The molecule has 1 aromatic heterocycles. The number of nitrogens with zero attached hydrogens (tertiary/aromatic N) is 2. The summed E-state index contributed by atoms with van der Waals surface area (Å²) in [7, 11) is 0. The highest BCUT2D eigenvalue weighted by Crippen LogP contribution is 2.35. The lowest BCUT2D eigenvalue weighted by molar-refractivity contribution is -0.143. The molecular weight excluding hydrogens is 320 g/mol. The summed E-state index contributed by atoms with van der Waals surface area (Å²) < 4.78 is 7.58. The summed E-state index contributed by atoms with van der Waals surface area (Å²) >= 11 is 0. The Morgan fingerprint density at radius 1 is 1.36 bits per heavy atom. The number of aromatic nitrogens is 2. The number of ether oxygens (including phenoxy) is 1. The fourth-order valence-electron chi connectivity index (χ4n) is 2.91. The van der Waals surface area contributed by atoms with Crippen molar-refractivity contribution in [1.82, 2.24) is 9.78 Å². The molecule has 1 atom stereocenters. The van der Waals surface area contributed by atoms with Crippen molar-refractivity contribution in [3.05, 3.63) is 35.2 Å². The molecule has 2 N–H and O–H groups in total. The molecule has 2 amide bonds. The largest absolute Gasteiger partial charge is 0.466 e. The lowest BCUT2D eigenvalue weighted by Crippen LogP contribution is -2.56. The van der Waals surface area contributed by atoms with E-state index >= 15 is 0 Å². The second kappa shape index (κ2) is 5.91. The third-order valence-corrected chi connectivity index (χ3v) is 4.48. The van der Waals surface area contributed by atoms with Crippen molar-refractivity contribution in [2.24, 2.45) is 0 Å². The van der Waals surface area contributed by atoms with Gasteiger partial charge in [0.05, 0.1) is 22.8 Å². The third kappa shape index (κ3) is 2.75. The highest BCUT2D eigenvalue weighted by Gasteiger charge is 2.47. The predicted octanol–water partition coefficient (Wildman–Crippen LogP) is 2.56. The summed E-state index contributed by atoms with van der Waals surface area (Å²) in [6, 6.07) is 5.43. The maximum atomic E-state index is 12.8. The van der Waals surface area contributed by atoms with E-state index in [2.05, 4.69) is 15.7 Å². The van der Waals surface area contributed by atoms with Crippen molar-refractivity contribution in [1.29, 1.82) is 0 Å². The number of benzene rings is 1. The molecule has 0 unspecified atom stereocenters. The van der Waals surface area contributed by atoms with Crippen LogP contribution in [0.2, 0.25) is 0 Å². The molecule has 0 fully saturated rings. The van der Waals surface area contributed by atoms with Crippen molar-refractivity contribution in [2.45, 2.75) is 46.8 Å². The number of carbonyl (C=O) groups is 2. The van der Waals surface area contributed by atoms with Gasteiger partial charge in [0.15, 0.2) is 0 Å². The van der Waals surface area contributed by atoms with Crippen molar-refractivity contribution < 1.29 is 14.3 Å². The van der Waals surface area contributed by atoms with Crippen LogP contribution >= 0.6 is 0 Å². The van der Waals surface area contributed by atoms with Crippen LogP contribution in [0.25, 0.3) is 0 Å². The Morgan fingerprint density at radius 2 is 2.08 bits per heavy atom. The number of hydrogen-bond acceptors (Lipinski definition) is 4. The van der Waals surface area contributed by atoms with Gasteiger partial charge in [0, 0.05) is 6.54 Å². The first-order valence-electron chi connectivity index (χ1n) is 8.23. The lowest BCUT2D eigenvalue weighted by atomic mass is 10.0. The summed E-state index contributed by atoms with van der Waals surface area (Å²) in [6.07, 6.45) is 0. The third-order valence-electron chi connectivity index (χ3n) is 4.48. The van der Waals surface area contributed by atoms with E-state index in [-0.39, 0.29) is 0 Å². The van der Waals surface area contributed by atoms with Gasteiger partial charge in [-0.05, 0) is 52.3 Å². The maximum absolute atomic E-state index is 12.8. The van der Waals surface area contributed by atoms with Gasteiger partial charge in [0.2, 0.25) is 0 Å². The Bertz CT molecular complexity index is 871. The molecule has 2 heterocycles. The van der Waals surface area contributed by atoms with Crippen LogP contribution in [0.1, 0.15) is 30.8 Å². The molecule has 25 heavy (non-hydrogen) atoms. The van der Waals surface area contributed by atoms with E-state index in [4.69, 9.17) is 4.74 Å². The highest BCUT2D eigenvalue weighted by atomic mass is 16.5. The van der Waals surface area contributed by atoms with Gasteiger partial charge < -0.3 is 15.4 Å². The molecule has 7 nitrogen and oxygen atoms in total. The second-order valence-electron chi connectivity index (χ2n) is 6.40. The molecule has 1 aliphatic rings. The first-order chi connectivity index (χ1) is 11.8. The standard InChI is InChI=1S/C18H22N4O3/c1-6-22-12(4)15(11(3)21-22)20-17(24)18(5)16(23)19-13-9-10(2)7-8-14(13)25-18/h7-9H,6H2,1-5H3,(H,19,23)(H,20,24)/t18-/m1/s1. The molecular formula is C18H22N4O3. The maximum Gasteiger partial charge on any atom is 0.278 e. The molecule has 0 spiro atoms. The molecule has 0 saturated heterocycles. The normalized spacial score (nSPS) is 19.0. The predicted molar refractivity (Wildman–Crippen MR) is 94.8 cm³/mol. The van der Waals surface area contributed by atoms with Gasteiger partial charge in [-0.2, -0.15) is 5.10 Å². The zero-order chi connectivity index (χ0) is 18.4. The first-order valence-corrected chi connectivity index (χ1v) is 8.23. The average molecular weight is 342 g/mol. The van der Waals surface area contributed by atoms with E-state index in [1.807, 2.05) is 39.8 Å². The summed E-state index contributed by atoms with van der Waals surface area (Å²) in [5.74, 6) is -0.556. The van der Waals surface area contributed by atoms with Gasteiger partial charge in [0.25, 0.3) is 17.4 Å². The SMILES string of the molecule is CCn1nc(C)c(NC(=O)[C@]2(C)Oc3ccc(C)cc3NC2=O)c1C. The van der Waals surface area contributed by atoms with Crippen molar-refractivity contribution in [2.75, 3.05) is 10.6 Å². The van der Waals surface area contributed by atoms with Gasteiger partial charge in [0.1, 0.15) is 5.75 Å². The van der Waals surface area contributed by atoms with Crippen molar-refractivity contribution in [3.8, 4) is 5.75 Å². The van der Waals surface area contributed by atoms with Crippen LogP contribution in [0.4, 0.5) is 11.4 Å². The number of hydrogen-bond donors (Lipinski definition) is 2. The Morgan fingerprint density at radius 3 is 2.72 bits per heavy atom. The van der Waals surface area contributed by atoms with E-state index < -0.39 is 17.4 Å². The number of nitrogens with one attached hydrogen (secondary N) is 2. The molecule has 1 aromatic carbocycles. The fourth-order valence-corrected chi connectivity index (χ4v) is 2.91. The van der Waals surface area contributed by atoms with Gasteiger partial charge in [-0.1, -0.05) is 6.07 Å². The van der Waals surface area contributed by atoms with Crippen LogP contribution in [0, 0.1) is 20.8 Å². The Kier molecular flexibility index (Phi) is 4.02. The van der Waals surface area contributed by atoms with E-state index in [9.17, 15) is 9.59 Å². The molecule has 0 radical (unpaired) electrons. The zero-order valence-corrected chi connectivity index (χ0v) is 15.1. The van der Waals surface area contributed by atoms with E-state index in [0.717, 1.165) is 11.3 Å². The van der Waals surface area contributed by atoms with Crippen LogP contribution in [0.5, 0.6) is 5.75 Å². The minimum absolute atomic E-state index is 0.473. The van der Waals surface area contributed by atoms with Crippen LogP contribution < -0.4 is 15.4 Å². The number of aryl methyl sites for hydroxylation is 3. The van der Waals surface area contributed by atoms with Crippen molar-refractivity contribution >= 4 is 23.2 Å². The minimum atomic E-state index is -1.66. The van der Waals surface area contributed by atoms with E-state index in [1.54, 1.807) is 10.7 Å². The van der Waals surface area contributed by atoms with Crippen molar-refractivity contribution in [3.63, 3.8) is 0 Å². The number of carbonyl (C=O) groups excluding carboxylic acids is 2. The van der Waals surface area contributed by atoms with Crippen LogP contribution in [0.15, 0.2) is 18.2 Å². The summed E-state index contributed by atoms with van der Waals surface area (Å²) in [6.45, 7) is 9.75. The van der Waals surface area contributed by atoms with Gasteiger partial charge >= 0.3 is 0 Å². The Balaban J connectivity index is 1.90. The number of amides is 2. The van der Waals surface area contributed by atoms with Crippen LogP contribution in [-0.2, 0) is 16.1 Å². The molecule has 7 heteroatoms. The Labute approximate surface area is 146 Å². The summed E-state index contributed by atoms with van der Waals surface area (Å²) in [4.78, 5) is 25.4. The average Bonchev–Trinajstić information content (AvgIpc) is 2.83. The van der Waals surface area contributed by atoms with Gasteiger partial charge in [-0.3, -0.25) is 14.3 Å². The smallest absolute Gasteiger partial charge is 0.278 e. The number of fused-ring (bicyclic) bond motifs is 1. The second-order valence-corrected chi connectivity index (χ2v) is 6.40. The van der Waals surface area contributed by atoms with Crippen LogP contribution in [0.3, 0.4) is 0 Å². The quantitative estimate of drug-likeness (QED) is 0.840. The number of anilines is 2. The highest BCUT2D eigenvalue weighted by molar-refractivity contribution is 6.19. The van der Waals surface area contributed by atoms with E-state index in [1.165, 1.54) is 6.92 Å². The minimum Gasteiger partial charge on any atom is -0.466 e. The molecule has 2 aromatic rings. The summed E-state index contributed by atoms with van der Waals surface area (Å²) in [5, 5.41) is 9.94. The molecule has 3 rings (SSSR count). The molecule has 1 aliphatic heterocycles. The van der Waals surface area contributed by atoms with E-state index in [0.29, 0.717) is 29.4 Å². The lowest BCUT2D eigenvalue weighted by Gasteiger charge is -2.33. The fraction of sp³-hybridized carbons (Fsp3) is 0.389. The Hall–Kier alpha value is -2.83. The molecule has 132 valence electrons. The summed E-state index contributed by atoms with van der Waals surface area (Å²) in [5.41, 5.74) is 2.05. The zero-order valence-electron chi connectivity index (χ0n) is 15.1. The molecule has 0 aliphatic carbocycles. The molecule has 0 bridgehead atoms. The molecule has 0 saturated carbocycles.